The molecular formula is C7H12N2O. The lowest BCUT2D eigenvalue weighted by molar-refractivity contribution is -0.119. The lowest BCUT2D eigenvalue weighted by Crippen LogP contribution is -2.31. The topological polar surface area (TPSA) is 32.3 Å². The molecule has 0 saturated carbocycles. The van der Waals surface area contributed by atoms with Crippen molar-refractivity contribution >= 4 is 5.91 Å². The number of hydrogen-bond acceptors (Lipinski definition) is 2. The van der Waals surface area contributed by atoms with Crippen molar-refractivity contribution in [2.75, 3.05) is 20.1 Å². The van der Waals surface area contributed by atoms with E-state index in [-0.39, 0.29) is 5.91 Å². The maximum atomic E-state index is 10.8. The number of carbonyl (C=O) groups excluding carboxylic acids is 1. The maximum absolute atomic E-state index is 10.8. The predicted molar refractivity (Wildman–Crippen MR) is 37.5 cm³/mol. The number of nitrogens with one attached hydrogen (secondary N) is 1. The Morgan fingerprint density at radius 3 is 3.10 bits per heavy atom. The summed E-state index contributed by atoms with van der Waals surface area (Å²) in [5.41, 5.74) is 0. The molecule has 2 aliphatic heterocycles. The summed E-state index contributed by atoms with van der Waals surface area (Å²) in [6.07, 6.45) is 0.745. The van der Waals surface area contributed by atoms with Crippen LogP contribution in [-0.4, -0.2) is 37.0 Å². The molecule has 56 valence electrons. The van der Waals surface area contributed by atoms with E-state index in [4.69, 9.17) is 0 Å². The number of rotatable bonds is 0. The Morgan fingerprint density at radius 2 is 2.40 bits per heavy atom. The Kier molecular flexibility index (Phi) is 1.20. The number of hydrogen-bond donors (Lipinski definition) is 1. The third kappa shape index (κ3) is 0.814. The van der Waals surface area contributed by atoms with Crippen LogP contribution in [-0.2, 0) is 4.79 Å². The van der Waals surface area contributed by atoms with E-state index < -0.39 is 0 Å². The number of amides is 1. The number of likely N-dealkylation sites (N-methyl/N-ethyl adjacent to an activating group) is 1. The maximum Gasteiger partial charge on any atom is 0.220 e. The van der Waals surface area contributed by atoms with Crippen molar-refractivity contribution in [2.45, 2.75) is 12.5 Å². The van der Waals surface area contributed by atoms with Gasteiger partial charge in [0, 0.05) is 31.5 Å². The van der Waals surface area contributed by atoms with Gasteiger partial charge >= 0.3 is 0 Å². The molecule has 2 fully saturated rings. The summed E-state index contributed by atoms with van der Waals surface area (Å²) < 4.78 is 0. The number of fused-ring (bicyclic) bond motifs is 1. The van der Waals surface area contributed by atoms with E-state index in [9.17, 15) is 4.79 Å². The van der Waals surface area contributed by atoms with Gasteiger partial charge in [0.2, 0.25) is 5.91 Å². The van der Waals surface area contributed by atoms with Gasteiger partial charge in [0.15, 0.2) is 0 Å². The van der Waals surface area contributed by atoms with Crippen molar-refractivity contribution in [3.8, 4) is 0 Å². The largest absolute Gasteiger partial charge is 0.352 e. The van der Waals surface area contributed by atoms with Crippen LogP contribution in [0.5, 0.6) is 0 Å². The zero-order chi connectivity index (χ0) is 7.14. The minimum absolute atomic E-state index is 0.239. The minimum atomic E-state index is 0.239. The zero-order valence-electron chi connectivity index (χ0n) is 6.13. The third-order valence-electron chi connectivity index (χ3n) is 2.42. The highest BCUT2D eigenvalue weighted by molar-refractivity contribution is 5.79. The van der Waals surface area contributed by atoms with Crippen LogP contribution in [0.3, 0.4) is 0 Å². The second kappa shape index (κ2) is 1.95. The molecule has 10 heavy (non-hydrogen) atoms. The normalized spacial score (nSPS) is 39.9. The molecule has 0 aromatic heterocycles. The van der Waals surface area contributed by atoms with Gasteiger partial charge in [-0.3, -0.25) is 4.79 Å². The van der Waals surface area contributed by atoms with Crippen LogP contribution in [0.1, 0.15) is 6.42 Å². The molecule has 0 aliphatic carbocycles. The van der Waals surface area contributed by atoms with Crippen molar-refractivity contribution in [3.63, 3.8) is 0 Å². The van der Waals surface area contributed by atoms with Crippen LogP contribution in [0.25, 0.3) is 0 Å². The molecule has 2 aliphatic rings. The highest BCUT2D eigenvalue weighted by Gasteiger charge is 2.38. The molecule has 2 heterocycles. The SMILES string of the molecule is CN1CC2CC(=O)NC2C1. The van der Waals surface area contributed by atoms with E-state index in [0.29, 0.717) is 12.0 Å². The van der Waals surface area contributed by atoms with E-state index in [1.54, 1.807) is 0 Å². The fourth-order valence-corrected chi connectivity index (χ4v) is 1.96. The predicted octanol–water partition coefficient (Wildman–Crippen LogP) is -0.563. The lowest BCUT2D eigenvalue weighted by atomic mass is 10.1. The Morgan fingerprint density at radius 1 is 1.60 bits per heavy atom. The minimum Gasteiger partial charge on any atom is -0.352 e. The molecule has 3 heteroatoms. The molecule has 1 N–H and O–H groups in total. The average Bonchev–Trinajstić information content (AvgIpc) is 2.21. The molecule has 2 saturated heterocycles. The van der Waals surface area contributed by atoms with Crippen LogP contribution in [0.4, 0.5) is 0 Å². The van der Waals surface area contributed by atoms with Gasteiger partial charge in [-0.1, -0.05) is 0 Å². The molecular weight excluding hydrogens is 128 g/mol. The summed E-state index contributed by atoms with van der Waals surface area (Å²) in [4.78, 5) is 13.1. The molecule has 2 atom stereocenters. The highest BCUT2D eigenvalue weighted by Crippen LogP contribution is 2.23. The first kappa shape index (κ1) is 6.16. The Balaban J connectivity index is 2.06. The fraction of sp³-hybridized carbons (Fsp3) is 0.857. The van der Waals surface area contributed by atoms with Gasteiger partial charge < -0.3 is 10.2 Å². The molecule has 2 unspecified atom stereocenters. The number of carbonyl (C=O) groups is 1. The van der Waals surface area contributed by atoms with Gasteiger partial charge in [-0.2, -0.15) is 0 Å². The van der Waals surface area contributed by atoms with Gasteiger partial charge in [-0.25, -0.2) is 0 Å². The Bertz CT molecular complexity index is 153. The van der Waals surface area contributed by atoms with Gasteiger partial charge in [0.1, 0.15) is 0 Å². The molecule has 3 nitrogen and oxygen atoms in total. The molecule has 0 aromatic carbocycles. The number of likely N-dealkylation sites (tertiary alicyclic amines) is 1. The first-order valence-corrected chi connectivity index (χ1v) is 3.73. The monoisotopic (exact) mass is 140 g/mol. The van der Waals surface area contributed by atoms with Crippen molar-refractivity contribution in [1.82, 2.24) is 10.2 Å². The molecule has 0 aromatic rings. The summed E-state index contributed by atoms with van der Waals surface area (Å²) in [5.74, 6) is 0.834. The molecule has 0 bridgehead atoms. The van der Waals surface area contributed by atoms with Gasteiger partial charge in [0.25, 0.3) is 0 Å². The van der Waals surface area contributed by atoms with Gasteiger partial charge in [-0.15, -0.1) is 0 Å². The summed E-state index contributed by atoms with van der Waals surface area (Å²) in [6.45, 7) is 2.12. The average molecular weight is 140 g/mol. The molecule has 0 radical (unpaired) electrons. The standard InChI is InChI=1S/C7H12N2O/c1-9-3-5-2-7(10)8-6(5)4-9/h5-6H,2-4H2,1H3,(H,8,10). The van der Waals surface area contributed by atoms with Crippen LogP contribution < -0.4 is 5.32 Å². The van der Waals surface area contributed by atoms with Gasteiger partial charge in [-0.05, 0) is 7.05 Å². The first-order chi connectivity index (χ1) is 4.75. The van der Waals surface area contributed by atoms with E-state index >= 15 is 0 Å². The summed E-state index contributed by atoms with van der Waals surface area (Å²) in [7, 11) is 2.10. The van der Waals surface area contributed by atoms with Crippen molar-refractivity contribution < 1.29 is 4.79 Å². The second-order valence-electron chi connectivity index (χ2n) is 3.36. The van der Waals surface area contributed by atoms with E-state index in [1.807, 2.05) is 0 Å². The smallest absolute Gasteiger partial charge is 0.220 e. The Labute approximate surface area is 60.4 Å². The zero-order valence-corrected chi connectivity index (χ0v) is 6.13. The summed E-state index contributed by atoms with van der Waals surface area (Å²) >= 11 is 0. The quantitative estimate of drug-likeness (QED) is 0.489. The molecule has 2 rings (SSSR count). The number of nitrogens with zero attached hydrogens (tertiary/aromatic N) is 1. The van der Waals surface area contributed by atoms with Crippen LogP contribution >= 0.6 is 0 Å². The Hall–Kier alpha value is -0.570. The van der Waals surface area contributed by atoms with E-state index in [2.05, 4.69) is 17.3 Å². The van der Waals surface area contributed by atoms with E-state index in [1.165, 1.54) is 0 Å². The summed E-state index contributed by atoms with van der Waals surface area (Å²) in [6, 6.07) is 0.456. The van der Waals surface area contributed by atoms with E-state index in [0.717, 1.165) is 19.5 Å². The molecule has 0 spiro atoms. The first-order valence-electron chi connectivity index (χ1n) is 3.73. The van der Waals surface area contributed by atoms with Crippen LogP contribution in [0, 0.1) is 5.92 Å². The highest BCUT2D eigenvalue weighted by atomic mass is 16.2. The fourth-order valence-electron chi connectivity index (χ4n) is 1.96. The van der Waals surface area contributed by atoms with Crippen molar-refractivity contribution in [3.05, 3.63) is 0 Å². The molecule has 1 amide bonds. The lowest BCUT2D eigenvalue weighted by Gasteiger charge is -2.07. The van der Waals surface area contributed by atoms with Crippen molar-refractivity contribution in [1.29, 1.82) is 0 Å². The van der Waals surface area contributed by atoms with Crippen molar-refractivity contribution in [2.24, 2.45) is 5.92 Å². The van der Waals surface area contributed by atoms with Crippen LogP contribution in [0.15, 0.2) is 0 Å². The van der Waals surface area contributed by atoms with Gasteiger partial charge in [0.05, 0.1) is 0 Å². The third-order valence-corrected chi connectivity index (χ3v) is 2.42. The summed E-state index contributed by atoms with van der Waals surface area (Å²) in [5, 5.41) is 2.97. The second-order valence-corrected chi connectivity index (χ2v) is 3.36. The van der Waals surface area contributed by atoms with Crippen LogP contribution in [0.2, 0.25) is 0 Å².